The molecule has 1 saturated heterocycles. The molecule has 1 aromatic heterocycles. The van der Waals surface area contributed by atoms with E-state index in [1.165, 1.54) is 21.7 Å². The van der Waals surface area contributed by atoms with Gasteiger partial charge in [-0.1, -0.05) is 24.6 Å². The second-order valence-corrected chi connectivity index (χ2v) is 11.1. The molecule has 1 fully saturated rings. The number of rotatable bonds is 10. The lowest BCUT2D eigenvalue weighted by Crippen LogP contribution is -2.37. The van der Waals surface area contributed by atoms with E-state index in [1.807, 2.05) is 6.92 Å². The second kappa shape index (κ2) is 11.6. The van der Waals surface area contributed by atoms with E-state index >= 15 is 0 Å². The van der Waals surface area contributed by atoms with Crippen LogP contribution in [-0.2, 0) is 14.8 Å². The fourth-order valence-electron chi connectivity index (χ4n) is 3.52. The van der Waals surface area contributed by atoms with E-state index in [2.05, 4.69) is 17.2 Å². The minimum absolute atomic E-state index is 0.150. The van der Waals surface area contributed by atoms with Crippen LogP contribution < -0.4 is 5.32 Å². The molecule has 0 bridgehead atoms. The molecule has 2 heterocycles. The molecule has 0 saturated carbocycles. The van der Waals surface area contributed by atoms with Gasteiger partial charge in [-0.25, -0.2) is 13.4 Å². The lowest BCUT2D eigenvalue weighted by molar-refractivity contribution is 0.0937. The average molecular weight is 500 g/mol. The van der Waals surface area contributed by atoms with E-state index in [4.69, 9.17) is 16.3 Å². The standard InChI is InChI=1S/C22H30ClN3O4S2/c1-3-12-30-13-4-9-24-21(27)20-15-31-22(25-20)17-7-10-26(11-8-17)32(28,29)18-6-5-16(2)19(23)14-18/h5-6,14-15,17H,3-4,7-13H2,1-2H3,(H,24,27). The van der Waals surface area contributed by atoms with Crippen molar-refractivity contribution < 1.29 is 17.9 Å². The van der Waals surface area contributed by atoms with Crippen LogP contribution in [0.25, 0.3) is 0 Å². The Hall–Kier alpha value is -1.52. The normalized spacial score (nSPS) is 15.7. The van der Waals surface area contributed by atoms with Gasteiger partial charge in [0, 0.05) is 49.2 Å². The van der Waals surface area contributed by atoms with Crippen LogP contribution in [0.3, 0.4) is 0 Å². The zero-order valence-corrected chi connectivity index (χ0v) is 20.9. The second-order valence-electron chi connectivity index (χ2n) is 7.88. The quantitative estimate of drug-likeness (QED) is 0.494. The molecule has 10 heteroatoms. The lowest BCUT2D eigenvalue weighted by Gasteiger charge is -2.30. The molecule has 3 rings (SSSR count). The fourth-order valence-corrected chi connectivity index (χ4v) is 6.23. The minimum atomic E-state index is -3.58. The smallest absolute Gasteiger partial charge is 0.270 e. The van der Waals surface area contributed by atoms with Gasteiger partial charge in [0.15, 0.2) is 0 Å². The highest BCUT2D eigenvalue weighted by Gasteiger charge is 2.31. The Morgan fingerprint density at radius 2 is 2.06 bits per heavy atom. The third-order valence-electron chi connectivity index (χ3n) is 5.44. The number of thiazole rings is 1. The summed E-state index contributed by atoms with van der Waals surface area (Å²) in [5.74, 6) is -0.0312. The summed E-state index contributed by atoms with van der Waals surface area (Å²) < 4.78 is 32.8. The Morgan fingerprint density at radius 1 is 1.31 bits per heavy atom. The number of piperidine rings is 1. The van der Waals surface area contributed by atoms with Gasteiger partial charge in [-0.3, -0.25) is 4.79 Å². The van der Waals surface area contributed by atoms with Crippen molar-refractivity contribution in [1.29, 1.82) is 0 Å². The van der Waals surface area contributed by atoms with Crippen molar-refractivity contribution in [1.82, 2.24) is 14.6 Å². The maximum Gasteiger partial charge on any atom is 0.270 e. The number of nitrogens with one attached hydrogen (secondary N) is 1. The molecule has 32 heavy (non-hydrogen) atoms. The zero-order valence-electron chi connectivity index (χ0n) is 18.5. The van der Waals surface area contributed by atoms with Crippen molar-refractivity contribution in [3.63, 3.8) is 0 Å². The Morgan fingerprint density at radius 3 is 2.75 bits per heavy atom. The van der Waals surface area contributed by atoms with Gasteiger partial charge in [0.1, 0.15) is 5.69 Å². The van der Waals surface area contributed by atoms with E-state index in [9.17, 15) is 13.2 Å². The summed E-state index contributed by atoms with van der Waals surface area (Å²) in [5.41, 5.74) is 1.27. The first-order valence-corrected chi connectivity index (χ1v) is 13.6. The van der Waals surface area contributed by atoms with Crippen LogP contribution in [0, 0.1) is 6.92 Å². The third kappa shape index (κ3) is 6.29. The van der Waals surface area contributed by atoms with Gasteiger partial charge in [-0.2, -0.15) is 4.31 Å². The Kier molecular flexibility index (Phi) is 9.07. The van der Waals surface area contributed by atoms with E-state index in [0.29, 0.717) is 49.8 Å². The van der Waals surface area contributed by atoms with Crippen molar-refractivity contribution in [3.05, 3.63) is 44.9 Å². The van der Waals surface area contributed by atoms with Crippen LogP contribution in [-0.4, -0.2) is 56.5 Å². The first-order chi connectivity index (χ1) is 15.3. The summed E-state index contributed by atoms with van der Waals surface area (Å²) in [5, 5.41) is 5.98. The largest absolute Gasteiger partial charge is 0.381 e. The minimum Gasteiger partial charge on any atom is -0.381 e. The van der Waals surface area contributed by atoms with Crippen LogP contribution in [0.4, 0.5) is 0 Å². The van der Waals surface area contributed by atoms with Crippen LogP contribution in [0.5, 0.6) is 0 Å². The number of ether oxygens (including phenoxy) is 1. The molecule has 0 radical (unpaired) electrons. The molecule has 0 spiro atoms. The highest BCUT2D eigenvalue weighted by molar-refractivity contribution is 7.89. The van der Waals surface area contributed by atoms with Crippen molar-refractivity contribution in [2.45, 2.75) is 50.3 Å². The third-order valence-corrected chi connectivity index (χ3v) is 8.75. The molecule has 176 valence electrons. The van der Waals surface area contributed by atoms with Crippen LogP contribution in [0.2, 0.25) is 5.02 Å². The molecule has 1 aromatic carbocycles. The molecule has 1 aliphatic rings. The first-order valence-electron chi connectivity index (χ1n) is 10.9. The van der Waals surface area contributed by atoms with E-state index in [0.717, 1.165) is 30.0 Å². The van der Waals surface area contributed by atoms with E-state index in [-0.39, 0.29) is 16.7 Å². The number of hydrogen-bond acceptors (Lipinski definition) is 6. The van der Waals surface area contributed by atoms with Crippen LogP contribution in [0.1, 0.15) is 59.6 Å². The van der Waals surface area contributed by atoms with Crippen molar-refractivity contribution in [3.8, 4) is 0 Å². The van der Waals surface area contributed by atoms with Crippen molar-refractivity contribution in [2.24, 2.45) is 0 Å². The van der Waals surface area contributed by atoms with E-state index < -0.39 is 10.0 Å². The number of aromatic nitrogens is 1. The number of amides is 1. The first kappa shape index (κ1) is 25.1. The van der Waals surface area contributed by atoms with Gasteiger partial charge in [0.05, 0.1) is 9.90 Å². The monoisotopic (exact) mass is 499 g/mol. The number of benzene rings is 1. The molecule has 1 amide bonds. The van der Waals surface area contributed by atoms with Gasteiger partial charge in [0.25, 0.3) is 5.91 Å². The van der Waals surface area contributed by atoms with Crippen molar-refractivity contribution in [2.75, 3.05) is 32.8 Å². The van der Waals surface area contributed by atoms with Gasteiger partial charge >= 0.3 is 0 Å². The van der Waals surface area contributed by atoms with Crippen molar-refractivity contribution >= 4 is 38.9 Å². The summed E-state index contributed by atoms with van der Waals surface area (Å²) in [4.78, 5) is 17.1. The fraction of sp³-hybridized carbons (Fsp3) is 0.545. The molecule has 0 atom stereocenters. The topological polar surface area (TPSA) is 88.6 Å². The Labute approximate surface area is 199 Å². The molecular weight excluding hydrogens is 470 g/mol. The maximum absolute atomic E-state index is 13.0. The molecule has 1 N–H and O–H groups in total. The predicted molar refractivity (Wildman–Crippen MR) is 127 cm³/mol. The van der Waals surface area contributed by atoms with E-state index in [1.54, 1.807) is 17.5 Å². The molecule has 7 nitrogen and oxygen atoms in total. The molecule has 1 aliphatic heterocycles. The predicted octanol–water partition coefficient (Wildman–Crippen LogP) is 4.22. The van der Waals surface area contributed by atoms with Gasteiger partial charge in [0.2, 0.25) is 10.0 Å². The van der Waals surface area contributed by atoms with Crippen LogP contribution in [0.15, 0.2) is 28.5 Å². The molecule has 0 unspecified atom stereocenters. The number of halogens is 1. The summed E-state index contributed by atoms with van der Waals surface area (Å²) >= 11 is 7.58. The maximum atomic E-state index is 13.0. The number of carbonyl (C=O) groups excluding carboxylic acids is 1. The number of sulfonamides is 1. The van der Waals surface area contributed by atoms with Crippen LogP contribution >= 0.6 is 22.9 Å². The SMILES string of the molecule is CCCOCCCNC(=O)c1csc(C2CCN(S(=O)(=O)c3ccc(C)c(Cl)c3)CC2)n1. The number of carbonyl (C=O) groups is 1. The molecular formula is C22H30ClN3O4S2. The Balaban J connectivity index is 1.51. The average Bonchev–Trinajstić information content (AvgIpc) is 3.28. The molecule has 2 aromatic rings. The van der Waals surface area contributed by atoms with Gasteiger partial charge in [-0.15, -0.1) is 11.3 Å². The highest BCUT2D eigenvalue weighted by atomic mass is 35.5. The Bertz CT molecular complexity index is 1020. The number of nitrogens with zero attached hydrogens (tertiary/aromatic N) is 2. The summed E-state index contributed by atoms with van der Waals surface area (Å²) in [6.07, 6.45) is 3.09. The summed E-state index contributed by atoms with van der Waals surface area (Å²) in [7, 11) is -3.58. The zero-order chi connectivity index (χ0) is 23.1. The number of aryl methyl sites for hydroxylation is 1. The summed E-state index contributed by atoms with van der Waals surface area (Å²) in [6.45, 7) is 6.65. The van der Waals surface area contributed by atoms with Gasteiger partial charge in [-0.05, 0) is 50.3 Å². The number of hydrogen-bond donors (Lipinski definition) is 1. The lowest BCUT2D eigenvalue weighted by atomic mass is 9.99. The molecule has 0 aliphatic carbocycles. The summed E-state index contributed by atoms with van der Waals surface area (Å²) in [6, 6.07) is 4.84. The highest BCUT2D eigenvalue weighted by Crippen LogP contribution is 2.33. The van der Waals surface area contributed by atoms with Gasteiger partial charge < -0.3 is 10.1 Å².